The van der Waals surface area contributed by atoms with Crippen LogP contribution in [0.15, 0.2) is 110 Å². The Morgan fingerprint density at radius 2 is 1.00 bits per heavy atom. The number of hydrogen-bond donors (Lipinski definition) is 6. The van der Waals surface area contributed by atoms with Crippen molar-refractivity contribution < 1.29 is 28.9 Å². The van der Waals surface area contributed by atoms with Crippen molar-refractivity contribution in [1.29, 1.82) is 0 Å². The standard InChI is InChI=1S/C31H36ClN8O3P.C29H29ClN7O4P.C2H7N.CH4O.CH4/c1-38(2)21-17-31(18-21)11-14-39(15-12-31)26-10-7-20(16-27(26)40(41)42)35-30-34-19-23(32)29(37-30)36-25-9-8-24-22(6-5-13-33-24)28(25)44(3,4)43;1-42(2,41)26-20-4-3-11-31-22(20)6-7-23(26)34-27-21(30)17-32-28(35-27)33-18-5-8-24(25(14-18)37(39)40)36-12-9-29(10-13-36)15-19(38)16-29;1-3-2;1-2;/h5-10,13,16,19,21H,11-12,14-15,17-18H2,1-4H3,(H2,34,35,36,37);3-8,11,14,17H,9-10,12-13,15-16H2,1-2H3,(H2,32,33,34,35);3H,1-2H3;2H,1H3;1H4. The van der Waals surface area contributed by atoms with Crippen molar-refractivity contribution in [2.24, 2.45) is 10.8 Å². The molecule has 0 atom stereocenters. The van der Waals surface area contributed by atoms with Crippen LogP contribution in [0.1, 0.15) is 58.8 Å². The molecule has 92 heavy (non-hydrogen) atoms. The van der Waals surface area contributed by atoms with E-state index in [0.29, 0.717) is 93.7 Å². The molecule has 4 aromatic heterocycles. The van der Waals surface area contributed by atoms with E-state index in [4.69, 9.17) is 28.3 Å². The zero-order valence-electron chi connectivity index (χ0n) is 52.3. The fourth-order valence-electron chi connectivity index (χ4n) is 12.5. The summed E-state index contributed by atoms with van der Waals surface area (Å²) in [4.78, 5) is 67.8. The van der Waals surface area contributed by atoms with Crippen molar-refractivity contribution in [2.45, 2.75) is 64.8 Å². The van der Waals surface area contributed by atoms with Crippen molar-refractivity contribution in [1.82, 2.24) is 40.1 Å². The number of nitrogens with zero attached hydrogens (tertiary/aromatic N) is 11. The zero-order chi connectivity index (χ0) is 65.6. The second-order valence-electron chi connectivity index (χ2n) is 24.4. The number of nitro benzene ring substituents is 2. The molecule has 2 saturated carbocycles. The number of fused-ring (bicyclic) bond motifs is 2. The second kappa shape index (κ2) is 29.3. The van der Waals surface area contributed by atoms with E-state index < -0.39 is 19.2 Å². The second-order valence-corrected chi connectivity index (χ2v) is 31.5. The van der Waals surface area contributed by atoms with Gasteiger partial charge < -0.3 is 55.5 Å². The third-order valence-electron chi connectivity index (χ3n) is 17.0. The number of rotatable bonds is 15. The van der Waals surface area contributed by atoms with E-state index in [-0.39, 0.29) is 56.9 Å². The van der Waals surface area contributed by atoms with Gasteiger partial charge in [-0.15, -0.1) is 0 Å². The monoisotopic (exact) mass is 1330 g/mol. The molecule has 2 aliphatic carbocycles. The third kappa shape index (κ3) is 15.9. The average molecular weight is 1330 g/mol. The summed E-state index contributed by atoms with van der Waals surface area (Å²) in [6, 6.07) is 25.4. The van der Waals surface area contributed by atoms with Gasteiger partial charge in [-0.2, -0.15) is 9.97 Å². The lowest BCUT2D eigenvalue weighted by Gasteiger charge is -2.54. The van der Waals surface area contributed by atoms with Crippen LogP contribution in [0.3, 0.4) is 0 Å². The number of aliphatic hydroxyl groups is 1. The summed E-state index contributed by atoms with van der Waals surface area (Å²) in [5.41, 5.74) is 5.23. The highest BCUT2D eigenvalue weighted by molar-refractivity contribution is 7.71. The maximum atomic E-state index is 13.3. The Balaban J connectivity index is 0.000000219. The van der Waals surface area contributed by atoms with Crippen molar-refractivity contribution in [2.75, 3.05) is 119 Å². The van der Waals surface area contributed by atoms with E-state index in [9.17, 15) is 34.2 Å². The number of nitro groups is 2. The van der Waals surface area contributed by atoms with Gasteiger partial charge in [0.05, 0.1) is 44.6 Å². The van der Waals surface area contributed by atoms with Crippen molar-refractivity contribution in [3.8, 4) is 0 Å². The fourth-order valence-corrected chi connectivity index (χ4v) is 15.7. The summed E-state index contributed by atoms with van der Waals surface area (Å²) < 4.78 is 26.7. The average Bonchev–Trinajstić information content (AvgIpc) is 0.786. The molecule has 0 unspecified atom stereocenters. The Labute approximate surface area is 545 Å². The molecule has 0 bridgehead atoms. The maximum Gasteiger partial charge on any atom is 0.294 e. The van der Waals surface area contributed by atoms with Crippen LogP contribution >= 0.6 is 37.5 Å². The third-order valence-corrected chi connectivity index (χ3v) is 20.7. The number of aliphatic hydroxyl groups excluding tert-OH is 1. The summed E-state index contributed by atoms with van der Waals surface area (Å²) in [6.45, 7) is 9.76. The van der Waals surface area contributed by atoms with Crippen LogP contribution in [0.2, 0.25) is 10.0 Å². The lowest BCUT2D eigenvalue weighted by Crippen LogP contribution is -2.53. The molecule has 0 amide bonds. The van der Waals surface area contributed by atoms with Crippen LogP contribution < -0.4 is 47.0 Å². The molecule has 4 aliphatic rings. The van der Waals surface area contributed by atoms with Crippen LogP contribution in [-0.2, 0) is 13.9 Å². The van der Waals surface area contributed by atoms with Gasteiger partial charge in [-0.1, -0.05) is 42.8 Å². The van der Waals surface area contributed by atoms with Gasteiger partial charge in [0.15, 0.2) is 11.6 Å². The number of carbonyl (C=O) groups is 1. The van der Waals surface area contributed by atoms with Crippen molar-refractivity contribution in [3.05, 3.63) is 140 Å². The molecule has 6 heterocycles. The molecule has 8 aromatic rings. The first-order valence-corrected chi connectivity index (χ1v) is 35.6. The molecular formula is C64H80Cl2N16O8P2. The Kier molecular flexibility index (Phi) is 22.3. The molecule has 4 aromatic carbocycles. The highest BCUT2D eigenvalue weighted by Crippen LogP contribution is 2.52. The number of benzene rings is 4. The molecule has 12 rings (SSSR count). The highest BCUT2D eigenvalue weighted by atomic mass is 35.5. The maximum absolute atomic E-state index is 13.3. The van der Waals surface area contributed by atoms with Gasteiger partial charge >= 0.3 is 0 Å². The predicted molar refractivity (Wildman–Crippen MR) is 374 cm³/mol. The number of ketones is 1. The number of anilines is 10. The summed E-state index contributed by atoms with van der Waals surface area (Å²) in [5, 5.41) is 49.9. The fraction of sp³-hybridized carbons (Fsp3) is 0.391. The first-order valence-electron chi connectivity index (χ1n) is 29.6. The number of nitrogens with one attached hydrogen (secondary N) is 5. The van der Waals surface area contributed by atoms with E-state index in [2.05, 4.69) is 80.4 Å². The van der Waals surface area contributed by atoms with Crippen LogP contribution in [0, 0.1) is 31.1 Å². The SMILES string of the molecule is C.CN(C)C1CC2(CCN(c3ccc(Nc4ncc(Cl)c(Nc5ccc6ncccc6c5P(C)(C)=O)n4)cc3[N+](=O)[O-])CC2)C1.CNC.CO.CP(C)(=O)c1c(Nc2nc(Nc3ccc(N4CCC5(CC4)CC(=O)C5)c([N+](=O)[O-])c3)ncc2Cl)ccc2ncccc12. The normalized spacial score (nSPS) is 15.7. The van der Waals surface area contributed by atoms with Crippen LogP contribution in [-0.4, -0.2) is 150 Å². The molecule has 488 valence electrons. The number of Topliss-reactive ketones (excluding diaryl/α,β-unsaturated/α-hetero) is 1. The Morgan fingerprint density at radius 3 is 1.36 bits per heavy atom. The topological polar surface area (TPSA) is 305 Å². The smallest absolute Gasteiger partial charge is 0.294 e. The van der Waals surface area contributed by atoms with Gasteiger partial charge in [-0.3, -0.25) is 35.0 Å². The molecule has 2 saturated heterocycles. The number of halogens is 2. The van der Waals surface area contributed by atoms with Crippen LogP contribution in [0.5, 0.6) is 0 Å². The van der Waals surface area contributed by atoms with E-state index >= 15 is 0 Å². The molecule has 2 aliphatic heterocycles. The van der Waals surface area contributed by atoms with Gasteiger partial charge in [0.1, 0.15) is 41.5 Å². The molecule has 0 radical (unpaired) electrons. The molecule has 6 N–H and O–H groups in total. The Bertz CT molecular complexity index is 4100. The van der Waals surface area contributed by atoms with Gasteiger partial charge in [-0.25, -0.2) is 9.97 Å². The number of aromatic nitrogens is 6. The van der Waals surface area contributed by atoms with Crippen molar-refractivity contribution >= 4 is 145 Å². The molecular weight excluding hydrogens is 1250 g/mol. The molecule has 4 fully saturated rings. The summed E-state index contributed by atoms with van der Waals surface area (Å²) in [6.07, 6.45) is 13.7. The van der Waals surface area contributed by atoms with Gasteiger partial charge in [0.25, 0.3) is 11.4 Å². The molecule has 28 heteroatoms. The van der Waals surface area contributed by atoms with E-state index in [1.165, 1.54) is 37.4 Å². The minimum atomic E-state index is -2.75. The van der Waals surface area contributed by atoms with Crippen LogP contribution in [0.25, 0.3) is 21.8 Å². The molecule has 24 nitrogen and oxygen atoms in total. The molecule has 2 spiro atoms. The Morgan fingerprint density at radius 1 is 0.609 bits per heavy atom. The Hall–Kier alpha value is -7.95. The van der Waals surface area contributed by atoms with Gasteiger partial charge in [0.2, 0.25) is 11.9 Å². The lowest BCUT2D eigenvalue weighted by atomic mass is 9.60. The highest BCUT2D eigenvalue weighted by Gasteiger charge is 2.47. The van der Waals surface area contributed by atoms with E-state index in [1.54, 1.807) is 69.4 Å². The number of pyridine rings is 2. The lowest BCUT2D eigenvalue weighted by molar-refractivity contribution is -0.384. The van der Waals surface area contributed by atoms with E-state index in [0.717, 1.165) is 67.7 Å². The first kappa shape index (κ1) is 69.9. The van der Waals surface area contributed by atoms with E-state index in [1.807, 2.05) is 61.5 Å². The zero-order valence-corrected chi connectivity index (χ0v) is 55.6. The minimum Gasteiger partial charge on any atom is -0.400 e. The largest absolute Gasteiger partial charge is 0.400 e. The number of hydrogen-bond acceptors (Lipinski definition) is 22. The summed E-state index contributed by atoms with van der Waals surface area (Å²) in [7, 11) is 3.53. The van der Waals surface area contributed by atoms with Crippen LogP contribution in [0.4, 0.5) is 69.0 Å². The van der Waals surface area contributed by atoms with Gasteiger partial charge in [-0.05, 0) is 165 Å². The number of carbonyl (C=O) groups excluding carboxylic acids is 1. The first-order chi connectivity index (χ1) is 43.3. The summed E-state index contributed by atoms with van der Waals surface area (Å²) in [5.74, 6) is 1.29. The summed E-state index contributed by atoms with van der Waals surface area (Å²) >= 11 is 12.9. The van der Waals surface area contributed by atoms with Gasteiger partial charge in [0, 0.05) is 109 Å². The number of piperidine rings is 2. The quantitative estimate of drug-likeness (QED) is 0.0316. The minimum absolute atomic E-state index is 0. The predicted octanol–water partition coefficient (Wildman–Crippen LogP) is 13.0. The van der Waals surface area contributed by atoms with Crippen molar-refractivity contribution in [3.63, 3.8) is 0 Å².